The van der Waals surface area contributed by atoms with E-state index in [0.29, 0.717) is 6.42 Å². The first kappa shape index (κ1) is 59.0. The van der Waals surface area contributed by atoms with Gasteiger partial charge >= 0.3 is 27.6 Å². The molecular weight excluding hydrogens is 838 g/mol. The monoisotopic (exact) mass is 914 g/mol. The standard InChI is InChI=1S/C46H76O14P2/c1-3-5-7-9-11-13-15-17-18-19-20-22-24-26-28-30-32-36-45(49)56-40-44(41-59-62(54,55)58-39-43(48)38-57-61(51,52)53)60-46(50)37-33-35-42(47)34-31-29-27-25-23-21-16-14-12-10-8-6-4-2/h5,7,11-14,17-18,20-23,27,29,31,34,42-44,47-48H,3-4,6,8-10,15-16,19,24-26,28,30,32-33,35-41H2,1-2H3,(H,54,55)(H2,51,52,53)/b7-5-,13-11-,14-12-,18-17-,22-20-,23-21-,29-27-,34-31+/t42-,43-,44+/m0/s1. The Morgan fingerprint density at radius 1 is 0.548 bits per heavy atom. The van der Waals surface area contributed by atoms with Gasteiger partial charge in [0.05, 0.1) is 25.9 Å². The minimum Gasteiger partial charge on any atom is -0.462 e. The number of aliphatic hydroxyl groups excluding tert-OH is 2. The fourth-order valence-corrected chi connectivity index (χ4v) is 6.36. The van der Waals surface area contributed by atoms with Gasteiger partial charge in [0.1, 0.15) is 12.7 Å². The lowest BCUT2D eigenvalue weighted by Gasteiger charge is -2.20. The molecule has 62 heavy (non-hydrogen) atoms. The summed E-state index contributed by atoms with van der Waals surface area (Å²) in [5, 5.41) is 20.0. The molecule has 0 aliphatic rings. The van der Waals surface area contributed by atoms with E-state index in [1.54, 1.807) is 12.2 Å². The summed E-state index contributed by atoms with van der Waals surface area (Å²) in [4.78, 5) is 52.7. The smallest absolute Gasteiger partial charge is 0.462 e. The van der Waals surface area contributed by atoms with Crippen LogP contribution in [0.25, 0.3) is 0 Å². The Morgan fingerprint density at radius 2 is 1.06 bits per heavy atom. The zero-order chi connectivity index (χ0) is 46.0. The van der Waals surface area contributed by atoms with Crippen LogP contribution >= 0.6 is 15.6 Å². The molecule has 4 atom stereocenters. The summed E-state index contributed by atoms with van der Waals surface area (Å²) >= 11 is 0. The van der Waals surface area contributed by atoms with E-state index >= 15 is 0 Å². The number of allylic oxidation sites excluding steroid dienone is 15. The van der Waals surface area contributed by atoms with Crippen LogP contribution < -0.4 is 0 Å². The number of aliphatic hydroxyl groups is 2. The van der Waals surface area contributed by atoms with Crippen molar-refractivity contribution in [1.29, 1.82) is 0 Å². The minimum absolute atomic E-state index is 0.108. The normalized spacial score (nSPS) is 15.4. The van der Waals surface area contributed by atoms with Crippen molar-refractivity contribution in [3.05, 3.63) is 97.2 Å². The number of esters is 2. The average molecular weight is 915 g/mol. The molecule has 0 amide bonds. The number of unbranched alkanes of at least 4 members (excludes halogenated alkanes) is 7. The average Bonchev–Trinajstić information content (AvgIpc) is 3.22. The highest BCUT2D eigenvalue weighted by atomic mass is 31.2. The maximum absolute atomic E-state index is 12.7. The van der Waals surface area contributed by atoms with E-state index in [1.165, 1.54) is 19.3 Å². The van der Waals surface area contributed by atoms with E-state index in [2.05, 4.69) is 95.8 Å². The van der Waals surface area contributed by atoms with Gasteiger partial charge in [-0.3, -0.25) is 23.2 Å². The molecule has 0 aromatic carbocycles. The summed E-state index contributed by atoms with van der Waals surface area (Å²) in [6.45, 7) is 1.35. The second kappa shape index (κ2) is 40.8. The Balaban J connectivity index is 4.77. The molecule has 0 fully saturated rings. The van der Waals surface area contributed by atoms with E-state index in [9.17, 15) is 33.8 Å². The van der Waals surface area contributed by atoms with Crippen molar-refractivity contribution in [2.24, 2.45) is 0 Å². The van der Waals surface area contributed by atoms with Gasteiger partial charge in [0, 0.05) is 12.8 Å². The van der Waals surface area contributed by atoms with Gasteiger partial charge in [0.2, 0.25) is 0 Å². The largest absolute Gasteiger partial charge is 0.472 e. The molecule has 0 rings (SSSR count). The second-order valence-corrected chi connectivity index (χ2v) is 17.1. The van der Waals surface area contributed by atoms with Crippen LogP contribution in [0.3, 0.4) is 0 Å². The van der Waals surface area contributed by atoms with Gasteiger partial charge in [-0.2, -0.15) is 0 Å². The summed E-state index contributed by atoms with van der Waals surface area (Å²) < 4.78 is 47.6. The van der Waals surface area contributed by atoms with E-state index in [1.807, 2.05) is 12.2 Å². The Bertz CT molecular complexity index is 1480. The first-order valence-corrected chi connectivity index (χ1v) is 25.1. The first-order chi connectivity index (χ1) is 29.8. The van der Waals surface area contributed by atoms with Crippen molar-refractivity contribution in [2.75, 3.05) is 26.4 Å². The SMILES string of the molecule is CC/C=C\C/C=C\C/C=C\C/C=C\CCCCCCC(=O)OC[C@H](COP(=O)(O)OC[C@@H](O)COP(=O)(O)O)OC(=O)CCC[C@@H](O)/C=C/C=C\C/C=C\C/C=C\CCCCC. The molecule has 0 saturated heterocycles. The second-order valence-electron chi connectivity index (χ2n) is 14.4. The zero-order valence-corrected chi connectivity index (χ0v) is 38.8. The Morgan fingerprint density at radius 3 is 1.66 bits per heavy atom. The number of rotatable bonds is 40. The molecule has 0 aromatic rings. The van der Waals surface area contributed by atoms with Gasteiger partial charge in [-0.15, -0.1) is 0 Å². The molecule has 0 spiro atoms. The highest BCUT2D eigenvalue weighted by molar-refractivity contribution is 7.47. The number of hydrogen-bond acceptors (Lipinski definition) is 11. The summed E-state index contributed by atoms with van der Waals surface area (Å²) in [5.41, 5.74) is 0. The Labute approximate surface area is 371 Å². The van der Waals surface area contributed by atoms with Gasteiger partial charge in [-0.1, -0.05) is 137 Å². The van der Waals surface area contributed by atoms with Crippen molar-refractivity contribution < 1.29 is 66.7 Å². The van der Waals surface area contributed by atoms with Crippen molar-refractivity contribution >= 4 is 27.6 Å². The van der Waals surface area contributed by atoms with Crippen LogP contribution in [0.15, 0.2) is 97.2 Å². The van der Waals surface area contributed by atoms with Crippen LogP contribution in [-0.2, 0) is 41.8 Å². The zero-order valence-electron chi connectivity index (χ0n) is 37.0. The summed E-state index contributed by atoms with van der Waals surface area (Å²) in [6.07, 6.45) is 44.2. The molecule has 0 saturated carbocycles. The molecule has 0 aliphatic heterocycles. The van der Waals surface area contributed by atoms with Gasteiger partial charge in [-0.25, -0.2) is 9.13 Å². The van der Waals surface area contributed by atoms with Gasteiger partial charge in [0.15, 0.2) is 6.10 Å². The number of hydrogen-bond donors (Lipinski definition) is 5. The third kappa shape index (κ3) is 43.6. The topological polar surface area (TPSA) is 216 Å². The van der Waals surface area contributed by atoms with Crippen LogP contribution in [0.2, 0.25) is 0 Å². The molecule has 0 aliphatic carbocycles. The summed E-state index contributed by atoms with van der Waals surface area (Å²) in [5.74, 6) is -1.27. The predicted octanol–water partition coefficient (Wildman–Crippen LogP) is 10.3. The number of phosphoric ester groups is 2. The Hall–Kier alpha value is -3.00. The van der Waals surface area contributed by atoms with E-state index in [0.717, 1.165) is 70.6 Å². The number of phosphoric acid groups is 2. The fraction of sp³-hybridized carbons (Fsp3) is 0.609. The quantitative estimate of drug-likeness (QED) is 0.0127. The maximum atomic E-state index is 12.7. The molecule has 5 N–H and O–H groups in total. The van der Waals surface area contributed by atoms with Gasteiger partial charge in [0.25, 0.3) is 0 Å². The minimum atomic E-state index is -4.89. The molecular formula is C46H76O14P2. The van der Waals surface area contributed by atoms with Crippen molar-refractivity contribution in [2.45, 2.75) is 154 Å². The lowest BCUT2D eigenvalue weighted by molar-refractivity contribution is -0.161. The molecule has 0 radical (unpaired) electrons. The number of carbonyl (C=O) groups excluding carboxylic acids is 2. The molecule has 14 nitrogen and oxygen atoms in total. The van der Waals surface area contributed by atoms with E-state index in [-0.39, 0.29) is 25.7 Å². The predicted molar refractivity (Wildman–Crippen MR) is 245 cm³/mol. The van der Waals surface area contributed by atoms with Crippen LogP contribution in [-0.4, -0.2) is 81.6 Å². The fourth-order valence-electron chi connectivity index (χ4n) is 5.20. The third-order valence-corrected chi connectivity index (χ3v) is 9.99. The molecule has 0 aromatic heterocycles. The van der Waals surface area contributed by atoms with Crippen LogP contribution in [0.4, 0.5) is 0 Å². The molecule has 16 heteroatoms. The Kier molecular flexibility index (Phi) is 38.8. The van der Waals surface area contributed by atoms with Crippen LogP contribution in [0.1, 0.15) is 136 Å². The van der Waals surface area contributed by atoms with Crippen molar-refractivity contribution in [3.63, 3.8) is 0 Å². The summed E-state index contributed by atoms with van der Waals surface area (Å²) in [7, 11) is -9.77. The first-order valence-electron chi connectivity index (χ1n) is 22.0. The van der Waals surface area contributed by atoms with E-state index < -0.39 is 72.3 Å². The summed E-state index contributed by atoms with van der Waals surface area (Å²) in [6, 6.07) is 0. The third-order valence-electron chi connectivity index (χ3n) is 8.55. The van der Waals surface area contributed by atoms with Crippen molar-refractivity contribution in [1.82, 2.24) is 0 Å². The number of carbonyl (C=O) groups is 2. The highest BCUT2D eigenvalue weighted by Crippen LogP contribution is 2.43. The molecule has 1 unspecified atom stereocenters. The highest BCUT2D eigenvalue weighted by Gasteiger charge is 2.28. The molecule has 0 heterocycles. The van der Waals surface area contributed by atoms with E-state index in [4.69, 9.17) is 23.8 Å². The van der Waals surface area contributed by atoms with Gasteiger partial charge in [-0.05, 0) is 83.5 Å². The van der Waals surface area contributed by atoms with Crippen LogP contribution in [0, 0.1) is 0 Å². The lowest BCUT2D eigenvalue weighted by Crippen LogP contribution is -2.30. The number of ether oxygens (including phenoxy) is 2. The van der Waals surface area contributed by atoms with Crippen molar-refractivity contribution in [3.8, 4) is 0 Å². The van der Waals surface area contributed by atoms with Gasteiger partial charge < -0.3 is 34.4 Å². The molecule has 0 bridgehead atoms. The lowest BCUT2D eigenvalue weighted by atomic mass is 10.1. The van der Waals surface area contributed by atoms with Crippen LogP contribution in [0.5, 0.6) is 0 Å². The molecule has 354 valence electrons. The maximum Gasteiger partial charge on any atom is 0.472 e.